The first-order chi connectivity index (χ1) is 9.04. The fraction of sp³-hybridized carbons (Fsp3) is 0.200. The Bertz CT molecular complexity index is 569. The summed E-state index contributed by atoms with van der Waals surface area (Å²) in [6.45, 7) is 1.85. The van der Waals surface area contributed by atoms with Gasteiger partial charge in [-0.15, -0.1) is 0 Å². The minimum Gasteiger partial charge on any atom is -0.380 e. The molecule has 0 saturated carbocycles. The highest BCUT2D eigenvalue weighted by molar-refractivity contribution is 5.45. The van der Waals surface area contributed by atoms with Gasteiger partial charge in [0, 0.05) is 12.1 Å². The maximum absolute atomic E-state index is 13.5. The monoisotopic (exact) mass is 265 g/mol. The molecule has 4 heteroatoms. The SMILES string of the molecule is CC(Cc1cccc(F)c1)Nc1ccc(F)cc1F. The third-order valence-electron chi connectivity index (χ3n) is 2.76. The number of hydrogen-bond donors (Lipinski definition) is 1. The van der Waals surface area contributed by atoms with Gasteiger partial charge in [0.05, 0.1) is 5.69 Å². The van der Waals surface area contributed by atoms with Gasteiger partial charge in [-0.05, 0) is 43.2 Å². The van der Waals surface area contributed by atoms with E-state index in [-0.39, 0.29) is 17.5 Å². The van der Waals surface area contributed by atoms with E-state index in [2.05, 4.69) is 5.32 Å². The minimum absolute atomic E-state index is 0.0956. The molecule has 19 heavy (non-hydrogen) atoms. The summed E-state index contributed by atoms with van der Waals surface area (Å²) < 4.78 is 39.2. The third-order valence-corrected chi connectivity index (χ3v) is 2.76. The Labute approximate surface area is 110 Å². The molecule has 0 aliphatic carbocycles. The average Bonchev–Trinajstić information content (AvgIpc) is 2.33. The minimum atomic E-state index is -0.633. The molecule has 0 bridgehead atoms. The predicted octanol–water partition coefficient (Wildman–Crippen LogP) is 4.15. The van der Waals surface area contributed by atoms with Crippen LogP contribution in [-0.2, 0) is 6.42 Å². The van der Waals surface area contributed by atoms with Gasteiger partial charge >= 0.3 is 0 Å². The highest BCUT2D eigenvalue weighted by Crippen LogP contribution is 2.17. The van der Waals surface area contributed by atoms with Crippen molar-refractivity contribution in [1.82, 2.24) is 0 Å². The van der Waals surface area contributed by atoms with E-state index in [4.69, 9.17) is 0 Å². The summed E-state index contributed by atoms with van der Waals surface area (Å²) in [5.41, 5.74) is 1.06. The predicted molar refractivity (Wildman–Crippen MR) is 69.5 cm³/mol. The van der Waals surface area contributed by atoms with E-state index in [1.165, 1.54) is 24.3 Å². The molecule has 0 aromatic heterocycles. The normalized spacial score (nSPS) is 12.2. The van der Waals surface area contributed by atoms with Crippen LogP contribution in [-0.4, -0.2) is 6.04 Å². The summed E-state index contributed by atoms with van der Waals surface area (Å²) in [7, 11) is 0. The molecule has 1 N–H and O–H groups in total. The third kappa shape index (κ3) is 3.74. The first kappa shape index (κ1) is 13.5. The highest BCUT2D eigenvalue weighted by atomic mass is 19.1. The van der Waals surface area contributed by atoms with Crippen LogP contribution in [0.3, 0.4) is 0 Å². The van der Waals surface area contributed by atoms with Gasteiger partial charge in [-0.25, -0.2) is 13.2 Å². The van der Waals surface area contributed by atoms with E-state index in [9.17, 15) is 13.2 Å². The zero-order valence-electron chi connectivity index (χ0n) is 10.5. The lowest BCUT2D eigenvalue weighted by Crippen LogP contribution is -2.19. The number of anilines is 1. The topological polar surface area (TPSA) is 12.0 Å². The molecule has 0 spiro atoms. The van der Waals surface area contributed by atoms with Crippen LogP contribution in [0.2, 0.25) is 0 Å². The zero-order chi connectivity index (χ0) is 13.8. The van der Waals surface area contributed by atoms with Gasteiger partial charge in [0.1, 0.15) is 17.5 Å². The molecule has 0 fully saturated rings. The molecule has 1 unspecified atom stereocenters. The van der Waals surface area contributed by atoms with Gasteiger partial charge in [-0.3, -0.25) is 0 Å². The van der Waals surface area contributed by atoms with Crippen molar-refractivity contribution in [2.24, 2.45) is 0 Å². The lowest BCUT2D eigenvalue weighted by molar-refractivity contribution is 0.583. The van der Waals surface area contributed by atoms with Crippen molar-refractivity contribution < 1.29 is 13.2 Å². The van der Waals surface area contributed by atoms with Crippen molar-refractivity contribution in [2.45, 2.75) is 19.4 Å². The Morgan fingerprint density at radius 1 is 1.00 bits per heavy atom. The molecule has 2 rings (SSSR count). The molecular weight excluding hydrogens is 251 g/mol. The Balaban J connectivity index is 2.03. The highest BCUT2D eigenvalue weighted by Gasteiger charge is 2.08. The molecular formula is C15H14F3N. The van der Waals surface area contributed by atoms with E-state index in [1.54, 1.807) is 6.07 Å². The number of nitrogens with one attached hydrogen (secondary N) is 1. The zero-order valence-corrected chi connectivity index (χ0v) is 10.5. The standard InChI is InChI=1S/C15H14F3N/c1-10(7-11-3-2-4-12(16)8-11)19-15-6-5-13(17)9-14(15)18/h2-6,8-10,19H,7H2,1H3. The van der Waals surface area contributed by atoms with Gasteiger partial charge in [-0.1, -0.05) is 12.1 Å². The van der Waals surface area contributed by atoms with Crippen molar-refractivity contribution in [3.8, 4) is 0 Å². The maximum atomic E-state index is 13.5. The lowest BCUT2D eigenvalue weighted by atomic mass is 10.1. The van der Waals surface area contributed by atoms with E-state index in [0.717, 1.165) is 11.6 Å². The number of rotatable bonds is 4. The van der Waals surface area contributed by atoms with E-state index in [1.807, 2.05) is 13.0 Å². The first-order valence-corrected chi connectivity index (χ1v) is 6.00. The van der Waals surface area contributed by atoms with Crippen LogP contribution in [0.4, 0.5) is 18.9 Å². The fourth-order valence-electron chi connectivity index (χ4n) is 1.94. The summed E-state index contributed by atoms with van der Waals surface area (Å²) in [6, 6.07) is 9.55. The van der Waals surface area contributed by atoms with E-state index >= 15 is 0 Å². The Morgan fingerprint density at radius 3 is 2.42 bits per heavy atom. The summed E-state index contributed by atoms with van der Waals surface area (Å²) in [4.78, 5) is 0. The lowest BCUT2D eigenvalue weighted by Gasteiger charge is -2.16. The van der Waals surface area contributed by atoms with Gasteiger partial charge in [0.25, 0.3) is 0 Å². The second kappa shape index (κ2) is 5.78. The maximum Gasteiger partial charge on any atom is 0.149 e. The van der Waals surface area contributed by atoms with Crippen LogP contribution in [0.1, 0.15) is 12.5 Å². The van der Waals surface area contributed by atoms with E-state index < -0.39 is 11.6 Å². The van der Waals surface area contributed by atoms with Crippen molar-refractivity contribution in [3.63, 3.8) is 0 Å². The molecule has 0 heterocycles. The number of benzene rings is 2. The summed E-state index contributed by atoms with van der Waals surface area (Å²) in [5.74, 6) is -1.54. The quantitative estimate of drug-likeness (QED) is 0.875. The Morgan fingerprint density at radius 2 is 1.74 bits per heavy atom. The van der Waals surface area contributed by atoms with E-state index in [0.29, 0.717) is 6.42 Å². The number of hydrogen-bond acceptors (Lipinski definition) is 1. The average molecular weight is 265 g/mol. The molecule has 0 amide bonds. The van der Waals surface area contributed by atoms with Crippen LogP contribution >= 0.6 is 0 Å². The second-order valence-corrected chi connectivity index (χ2v) is 4.50. The van der Waals surface area contributed by atoms with Crippen LogP contribution in [0.5, 0.6) is 0 Å². The molecule has 100 valence electrons. The molecule has 2 aromatic carbocycles. The Hall–Kier alpha value is -1.97. The van der Waals surface area contributed by atoms with Crippen molar-refractivity contribution in [2.75, 3.05) is 5.32 Å². The van der Waals surface area contributed by atoms with Crippen molar-refractivity contribution >= 4 is 5.69 Å². The molecule has 1 nitrogen and oxygen atoms in total. The van der Waals surface area contributed by atoms with Gasteiger partial charge in [0.15, 0.2) is 0 Å². The molecule has 0 radical (unpaired) electrons. The molecule has 0 saturated heterocycles. The van der Waals surface area contributed by atoms with Crippen LogP contribution < -0.4 is 5.32 Å². The van der Waals surface area contributed by atoms with Crippen LogP contribution in [0.15, 0.2) is 42.5 Å². The van der Waals surface area contributed by atoms with Crippen molar-refractivity contribution in [1.29, 1.82) is 0 Å². The summed E-state index contributed by atoms with van der Waals surface area (Å²) in [5, 5.41) is 2.94. The first-order valence-electron chi connectivity index (χ1n) is 6.00. The van der Waals surface area contributed by atoms with Crippen LogP contribution in [0.25, 0.3) is 0 Å². The van der Waals surface area contributed by atoms with Crippen molar-refractivity contribution in [3.05, 3.63) is 65.5 Å². The van der Waals surface area contributed by atoms with Gasteiger partial charge in [-0.2, -0.15) is 0 Å². The van der Waals surface area contributed by atoms with Gasteiger partial charge < -0.3 is 5.32 Å². The smallest absolute Gasteiger partial charge is 0.149 e. The van der Waals surface area contributed by atoms with Crippen LogP contribution in [0, 0.1) is 17.5 Å². The second-order valence-electron chi connectivity index (χ2n) is 4.50. The molecule has 0 aliphatic rings. The summed E-state index contributed by atoms with van der Waals surface area (Å²) in [6.07, 6.45) is 0.550. The number of halogens is 3. The largest absolute Gasteiger partial charge is 0.380 e. The molecule has 1 atom stereocenters. The molecule has 2 aromatic rings. The fourth-order valence-corrected chi connectivity index (χ4v) is 1.94. The summed E-state index contributed by atoms with van der Waals surface area (Å²) >= 11 is 0. The van der Waals surface area contributed by atoms with Gasteiger partial charge in [0.2, 0.25) is 0 Å². The Kier molecular flexibility index (Phi) is 4.10. The molecule has 0 aliphatic heterocycles.